The first kappa shape index (κ1) is 21.1. The van der Waals surface area contributed by atoms with Gasteiger partial charge in [-0.1, -0.05) is 12.1 Å². The molecule has 0 atom stereocenters. The van der Waals surface area contributed by atoms with E-state index in [1.54, 1.807) is 40.1 Å². The van der Waals surface area contributed by atoms with Crippen molar-refractivity contribution in [3.8, 4) is 11.5 Å². The van der Waals surface area contributed by atoms with Crippen LogP contribution in [0.2, 0.25) is 0 Å². The summed E-state index contributed by atoms with van der Waals surface area (Å²) in [6.07, 6.45) is 3.18. The second-order valence-corrected chi connectivity index (χ2v) is 7.73. The van der Waals surface area contributed by atoms with Crippen LogP contribution in [-0.2, 0) is 11.3 Å². The molecule has 1 saturated heterocycles. The van der Waals surface area contributed by atoms with Crippen molar-refractivity contribution in [2.45, 2.75) is 44.9 Å². The standard InChI is InChI=1S/C23H24F2N2O4/c1-30-20-12-15(7-10-19(20)31-23(24)25)14-27(17-8-9-17)22(29)16-4-2-5-18(13-16)26-11-3-6-21(26)28/h2,4-5,7,10,12-13,17,23H,3,6,8-9,11,14H2,1H3. The SMILES string of the molecule is COc1cc(CN(C(=O)c2cccc(N3CCCC3=O)c2)C2CC2)ccc1OC(F)F. The number of benzene rings is 2. The molecular formula is C23H24F2N2O4. The van der Waals surface area contributed by atoms with Crippen molar-refractivity contribution in [3.63, 3.8) is 0 Å². The van der Waals surface area contributed by atoms with Crippen molar-refractivity contribution >= 4 is 17.5 Å². The van der Waals surface area contributed by atoms with Crippen LogP contribution >= 0.6 is 0 Å². The minimum atomic E-state index is -2.95. The fraction of sp³-hybridized carbons (Fsp3) is 0.391. The van der Waals surface area contributed by atoms with E-state index < -0.39 is 6.61 Å². The summed E-state index contributed by atoms with van der Waals surface area (Å²) < 4.78 is 34.8. The predicted octanol–water partition coefficient (Wildman–Crippen LogP) is 4.23. The van der Waals surface area contributed by atoms with E-state index in [0.29, 0.717) is 25.1 Å². The van der Waals surface area contributed by atoms with E-state index in [2.05, 4.69) is 4.74 Å². The van der Waals surface area contributed by atoms with Crippen molar-refractivity contribution in [1.82, 2.24) is 4.90 Å². The van der Waals surface area contributed by atoms with Crippen LogP contribution in [0.4, 0.5) is 14.5 Å². The number of carbonyl (C=O) groups is 2. The molecule has 2 aromatic rings. The van der Waals surface area contributed by atoms with Gasteiger partial charge in [-0.15, -0.1) is 0 Å². The number of carbonyl (C=O) groups excluding carboxylic acids is 2. The van der Waals surface area contributed by atoms with Gasteiger partial charge in [-0.3, -0.25) is 9.59 Å². The molecule has 0 aromatic heterocycles. The molecule has 0 unspecified atom stereocenters. The summed E-state index contributed by atoms with van der Waals surface area (Å²) in [6, 6.07) is 12.0. The van der Waals surface area contributed by atoms with Crippen LogP contribution in [0.3, 0.4) is 0 Å². The molecule has 8 heteroatoms. The number of methoxy groups -OCH3 is 1. The zero-order chi connectivity index (χ0) is 22.0. The van der Waals surface area contributed by atoms with Crippen LogP contribution in [0.15, 0.2) is 42.5 Å². The Kier molecular flexibility index (Phi) is 6.06. The maximum Gasteiger partial charge on any atom is 0.387 e. The molecule has 6 nitrogen and oxygen atoms in total. The van der Waals surface area contributed by atoms with Gasteiger partial charge in [-0.05, 0) is 55.2 Å². The number of nitrogens with zero attached hydrogens (tertiary/aromatic N) is 2. The maximum absolute atomic E-state index is 13.3. The monoisotopic (exact) mass is 430 g/mol. The largest absolute Gasteiger partial charge is 0.493 e. The van der Waals surface area contributed by atoms with Gasteiger partial charge in [0.15, 0.2) is 11.5 Å². The molecule has 164 valence electrons. The number of amides is 2. The van der Waals surface area contributed by atoms with Crippen LogP contribution < -0.4 is 14.4 Å². The lowest BCUT2D eigenvalue weighted by Gasteiger charge is -2.24. The Balaban J connectivity index is 1.55. The summed E-state index contributed by atoms with van der Waals surface area (Å²) in [4.78, 5) is 28.9. The van der Waals surface area contributed by atoms with E-state index in [0.717, 1.165) is 30.5 Å². The van der Waals surface area contributed by atoms with Crippen molar-refractivity contribution in [2.75, 3.05) is 18.6 Å². The summed E-state index contributed by atoms with van der Waals surface area (Å²) in [5.41, 5.74) is 2.01. The van der Waals surface area contributed by atoms with Crippen molar-refractivity contribution in [1.29, 1.82) is 0 Å². The third-order valence-electron chi connectivity index (χ3n) is 5.52. The summed E-state index contributed by atoms with van der Waals surface area (Å²) in [5.74, 6) is 0.0915. The Hall–Kier alpha value is -3.16. The predicted molar refractivity (Wildman–Crippen MR) is 111 cm³/mol. The second kappa shape index (κ2) is 8.91. The molecule has 1 heterocycles. The highest BCUT2D eigenvalue weighted by Crippen LogP contribution is 2.34. The third kappa shape index (κ3) is 4.78. The van der Waals surface area contributed by atoms with Crippen molar-refractivity contribution < 1.29 is 27.8 Å². The number of halogens is 2. The molecular weight excluding hydrogens is 406 g/mol. The fourth-order valence-corrected chi connectivity index (χ4v) is 3.85. The number of ether oxygens (including phenoxy) is 2. The van der Waals surface area contributed by atoms with Crippen LogP contribution in [0.1, 0.15) is 41.6 Å². The van der Waals surface area contributed by atoms with Gasteiger partial charge in [0.05, 0.1) is 7.11 Å². The molecule has 0 bridgehead atoms. The molecule has 31 heavy (non-hydrogen) atoms. The van der Waals surface area contributed by atoms with E-state index in [9.17, 15) is 18.4 Å². The zero-order valence-electron chi connectivity index (χ0n) is 17.2. The number of anilines is 1. The van der Waals surface area contributed by atoms with Crippen LogP contribution in [0.25, 0.3) is 0 Å². The van der Waals surface area contributed by atoms with Gasteiger partial charge in [0.1, 0.15) is 0 Å². The van der Waals surface area contributed by atoms with Gasteiger partial charge in [-0.25, -0.2) is 0 Å². The number of alkyl halides is 2. The molecule has 1 aliphatic carbocycles. The summed E-state index contributed by atoms with van der Waals surface area (Å²) in [7, 11) is 1.38. The minimum absolute atomic E-state index is 0.0477. The number of hydrogen-bond acceptors (Lipinski definition) is 4. The van der Waals surface area contributed by atoms with Crippen LogP contribution in [0, 0.1) is 0 Å². The molecule has 0 spiro atoms. The summed E-state index contributed by atoms with van der Waals surface area (Å²) in [6.45, 7) is -1.96. The van der Waals surface area contributed by atoms with Gasteiger partial charge >= 0.3 is 6.61 Å². The number of hydrogen-bond donors (Lipinski definition) is 0. The zero-order valence-corrected chi connectivity index (χ0v) is 17.2. The van der Waals surface area contributed by atoms with Gasteiger partial charge in [0.2, 0.25) is 5.91 Å². The maximum atomic E-state index is 13.3. The average Bonchev–Trinajstić information content (AvgIpc) is 3.52. The van der Waals surface area contributed by atoms with Gasteiger partial charge in [0.25, 0.3) is 5.91 Å². The van der Waals surface area contributed by atoms with E-state index in [-0.39, 0.29) is 29.4 Å². The molecule has 4 rings (SSSR count). The van der Waals surface area contributed by atoms with Crippen molar-refractivity contribution in [2.24, 2.45) is 0 Å². The molecule has 1 aliphatic heterocycles. The molecule has 2 fully saturated rings. The normalized spacial score (nSPS) is 16.0. The van der Waals surface area contributed by atoms with E-state index >= 15 is 0 Å². The Morgan fingerprint density at radius 2 is 2.00 bits per heavy atom. The molecule has 2 amide bonds. The van der Waals surface area contributed by atoms with Crippen molar-refractivity contribution in [3.05, 3.63) is 53.6 Å². The molecule has 1 saturated carbocycles. The highest BCUT2D eigenvalue weighted by Gasteiger charge is 2.33. The highest BCUT2D eigenvalue weighted by atomic mass is 19.3. The third-order valence-corrected chi connectivity index (χ3v) is 5.52. The lowest BCUT2D eigenvalue weighted by Crippen LogP contribution is -2.33. The minimum Gasteiger partial charge on any atom is -0.493 e. The highest BCUT2D eigenvalue weighted by molar-refractivity contribution is 5.99. The summed E-state index contributed by atoms with van der Waals surface area (Å²) >= 11 is 0. The van der Waals surface area contributed by atoms with E-state index in [1.807, 2.05) is 6.07 Å². The van der Waals surface area contributed by atoms with Gasteiger partial charge < -0.3 is 19.3 Å². The van der Waals surface area contributed by atoms with E-state index in [4.69, 9.17) is 4.74 Å². The first-order valence-corrected chi connectivity index (χ1v) is 10.3. The van der Waals surface area contributed by atoms with Gasteiger partial charge in [0, 0.05) is 36.8 Å². The Morgan fingerprint density at radius 3 is 2.65 bits per heavy atom. The van der Waals surface area contributed by atoms with Crippen LogP contribution in [-0.4, -0.2) is 43.0 Å². The first-order chi connectivity index (χ1) is 15.0. The molecule has 0 radical (unpaired) electrons. The van der Waals surface area contributed by atoms with Crippen LogP contribution in [0.5, 0.6) is 11.5 Å². The second-order valence-electron chi connectivity index (χ2n) is 7.73. The lowest BCUT2D eigenvalue weighted by atomic mass is 10.1. The smallest absolute Gasteiger partial charge is 0.387 e. The lowest BCUT2D eigenvalue weighted by molar-refractivity contribution is -0.117. The molecule has 0 N–H and O–H groups in total. The Bertz CT molecular complexity index is 978. The van der Waals surface area contributed by atoms with Gasteiger partial charge in [-0.2, -0.15) is 8.78 Å². The summed E-state index contributed by atoms with van der Waals surface area (Å²) in [5, 5.41) is 0. The molecule has 2 aliphatic rings. The average molecular weight is 430 g/mol. The number of rotatable bonds is 8. The Labute approximate surface area is 179 Å². The van der Waals surface area contributed by atoms with E-state index in [1.165, 1.54) is 13.2 Å². The fourth-order valence-electron chi connectivity index (χ4n) is 3.85. The topological polar surface area (TPSA) is 59.1 Å². The Morgan fingerprint density at radius 1 is 1.19 bits per heavy atom. The molecule has 2 aromatic carbocycles. The first-order valence-electron chi connectivity index (χ1n) is 10.3. The quantitative estimate of drug-likeness (QED) is 0.629.